The zero-order valence-corrected chi connectivity index (χ0v) is 11.8. The number of hydrogen-bond acceptors (Lipinski definition) is 4. The minimum absolute atomic E-state index is 0.429. The van der Waals surface area contributed by atoms with Gasteiger partial charge in [0, 0.05) is 18.7 Å². The zero-order valence-electron chi connectivity index (χ0n) is 11.8. The van der Waals surface area contributed by atoms with Crippen LogP contribution in [-0.2, 0) is 6.54 Å². The summed E-state index contributed by atoms with van der Waals surface area (Å²) in [5, 5.41) is 3.46. The molecule has 4 nitrogen and oxygen atoms in total. The van der Waals surface area contributed by atoms with E-state index in [1.165, 1.54) is 11.4 Å². The van der Waals surface area contributed by atoms with Crippen molar-refractivity contribution in [2.24, 2.45) is 0 Å². The summed E-state index contributed by atoms with van der Waals surface area (Å²) in [5.41, 5.74) is 3.44. The molecule has 0 spiro atoms. The number of nitrogens with zero attached hydrogens (tertiary/aromatic N) is 2. The Morgan fingerprint density at radius 1 is 1.25 bits per heavy atom. The van der Waals surface area contributed by atoms with Gasteiger partial charge < -0.3 is 15.0 Å². The van der Waals surface area contributed by atoms with Crippen LogP contribution in [0.1, 0.15) is 12.6 Å². The van der Waals surface area contributed by atoms with E-state index < -0.39 is 0 Å². The molecule has 1 aliphatic rings. The minimum atomic E-state index is 0.429. The third kappa shape index (κ3) is 2.41. The van der Waals surface area contributed by atoms with Gasteiger partial charge in [0.1, 0.15) is 0 Å². The molecular weight excluding hydrogens is 250 g/mol. The largest absolute Gasteiger partial charge is 0.481 e. The molecule has 1 N–H and O–H groups in total. The molecule has 4 heteroatoms. The van der Waals surface area contributed by atoms with Crippen LogP contribution in [0.4, 0.5) is 11.4 Å². The smallest absolute Gasteiger partial charge is 0.213 e. The summed E-state index contributed by atoms with van der Waals surface area (Å²) in [5.74, 6) is 0.665. The van der Waals surface area contributed by atoms with E-state index >= 15 is 0 Å². The third-order valence-corrected chi connectivity index (χ3v) is 3.66. The summed E-state index contributed by atoms with van der Waals surface area (Å²) in [4.78, 5) is 6.89. The SMILES string of the molecule is COc1cccc(CN2c3ccccc3NCC2C)n1. The summed E-state index contributed by atoms with van der Waals surface area (Å²) < 4.78 is 5.20. The van der Waals surface area contributed by atoms with Crippen molar-refractivity contribution in [1.82, 2.24) is 4.98 Å². The van der Waals surface area contributed by atoms with Gasteiger partial charge in [-0.1, -0.05) is 18.2 Å². The summed E-state index contributed by atoms with van der Waals surface area (Å²) in [6.07, 6.45) is 0. The van der Waals surface area contributed by atoms with Crippen LogP contribution in [0.15, 0.2) is 42.5 Å². The van der Waals surface area contributed by atoms with Gasteiger partial charge in [0.25, 0.3) is 0 Å². The first-order valence-electron chi connectivity index (χ1n) is 6.87. The van der Waals surface area contributed by atoms with Crippen LogP contribution in [0.2, 0.25) is 0 Å². The van der Waals surface area contributed by atoms with Crippen molar-refractivity contribution >= 4 is 11.4 Å². The molecule has 1 aromatic heterocycles. The van der Waals surface area contributed by atoms with Gasteiger partial charge in [0.15, 0.2) is 0 Å². The second kappa shape index (κ2) is 5.41. The van der Waals surface area contributed by atoms with Gasteiger partial charge in [-0.2, -0.15) is 0 Å². The molecule has 3 rings (SSSR count). The molecule has 2 heterocycles. The Balaban J connectivity index is 1.89. The van der Waals surface area contributed by atoms with Crippen LogP contribution in [0.25, 0.3) is 0 Å². The number of methoxy groups -OCH3 is 1. The summed E-state index contributed by atoms with van der Waals surface area (Å²) in [6, 6.07) is 14.7. The molecule has 0 saturated heterocycles. The van der Waals surface area contributed by atoms with Gasteiger partial charge in [-0.3, -0.25) is 0 Å². The molecular formula is C16H19N3O. The van der Waals surface area contributed by atoms with Crippen molar-refractivity contribution in [2.45, 2.75) is 19.5 Å². The van der Waals surface area contributed by atoms with Gasteiger partial charge in [0.05, 0.1) is 30.7 Å². The Hall–Kier alpha value is -2.23. The normalized spacial score (nSPS) is 17.3. The highest BCUT2D eigenvalue weighted by Gasteiger charge is 2.22. The maximum absolute atomic E-state index is 5.20. The molecule has 0 bridgehead atoms. The monoisotopic (exact) mass is 269 g/mol. The Labute approximate surface area is 119 Å². The predicted octanol–water partition coefficient (Wildman–Crippen LogP) is 2.91. The maximum atomic E-state index is 5.20. The number of hydrogen-bond donors (Lipinski definition) is 1. The predicted molar refractivity (Wildman–Crippen MR) is 81.4 cm³/mol. The summed E-state index contributed by atoms with van der Waals surface area (Å²) in [7, 11) is 1.65. The van der Waals surface area contributed by atoms with Crippen LogP contribution in [0, 0.1) is 0 Å². The Morgan fingerprint density at radius 2 is 2.10 bits per heavy atom. The lowest BCUT2D eigenvalue weighted by Gasteiger charge is -2.37. The highest BCUT2D eigenvalue weighted by Crippen LogP contribution is 2.32. The van der Waals surface area contributed by atoms with E-state index in [0.29, 0.717) is 11.9 Å². The van der Waals surface area contributed by atoms with E-state index in [1.807, 2.05) is 18.2 Å². The Bertz CT molecular complexity index is 600. The molecule has 104 valence electrons. The molecule has 0 amide bonds. The van der Waals surface area contributed by atoms with Crippen molar-refractivity contribution in [2.75, 3.05) is 23.9 Å². The molecule has 0 aliphatic carbocycles. The first-order chi connectivity index (χ1) is 9.78. The van der Waals surface area contributed by atoms with E-state index in [9.17, 15) is 0 Å². The van der Waals surface area contributed by atoms with Crippen LogP contribution in [-0.4, -0.2) is 24.7 Å². The second-order valence-electron chi connectivity index (χ2n) is 5.05. The number of pyridine rings is 1. The molecule has 1 aromatic carbocycles. The van der Waals surface area contributed by atoms with E-state index in [1.54, 1.807) is 7.11 Å². The van der Waals surface area contributed by atoms with Crippen molar-refractivity contribution < 1.29 is 4.74 Å². The molecule has 1 unspecified atom stereocenters. The highest BCUT2D eigenvalue weighted by atomic mass is 16.5. The highest BCUT2D eigenvalue weighted by molar-refractivity contribution is 5.72. The number of aromatic nitrogens is 1. The Morgan fingerprint density at radius 3 is 2.95 bits per heavy atom. The topological polar surface area (TPSA) is 37.4 Å². The van der Waals surface area contributed by atoms with Crippen LogP contribution < -0.4 is 15.0 Å². The number of fused-ring (bicyclic) bond motifs is 1. The fourth-order valence-corrected chi connectivity index (χ4v) is 2.55. The first-order valence-corrected chi connectivity index (χ1v) is 6.87. The van der Waals surface area contributed by atoms with Gasteiger partial charge in [-0.05, 0) is 25.1 Å². The van der Waals surface area contributed by atoms with Crippen LogP contribution in [0.5, 0.6) is 5.88 Å². The molecule has 2 aromatic rings. The fraction of sp³-hybridized carbons (Fsp3) is 0.312. The van der Waals surface area contributed by atoms with E-state index in [0.717, 1.165) is 18.8 Å². The molecule has 1 atom stereocenters. The standard InChI is InChI=1S/C16H19N3O/c1-12-10-17-14-7-3-4-8-15(14)19(12)11-13-6-5-9-16(18-13)20-2/h3-9,12,17H,10-11H2,1-2H3. The molecule has 0 saturated carbocycles. The van der Waals surface area contributed by atoms with Crippen LogP contribution in [0.3, 0.4) is 0 Å². The number of anilines is 2. The molecule has 0 fully saturated rings. The third-order valence-electron chi connectivity index (χ3n) is 3.66. The van der Waals surface area contributed by atoms with E-state index in [2.05, 4.69) is 46.4 Å². The van der Waals surface area contributed by atoms with Gasteiger partial charge in [-0.25, -0.2) is 4.98 Å². The lowest BCUT2D eigenvalue weighted by Crippen LogP contribution is -2.41. The maximum Gasteiger partial charge on any atom is 0.213 e. The lowest BCUT2D eigenvalue weighted by molar-refractivity contribution is 0.396. The van der Waals surface area contributed by atoms with Gasteiger partial charge in [0.2, 0.25) is 5.88 Å². The molecule has 1 aliphatic heterocycles. The quantitative estimate of drug-likeness (QED) is 0.929. The molecule has 0 radical (unpaired) electrons. The van der Waals surface area contributed by atoms with Crippen molar-refractivity contribution in [1.29, 1.82) is 0 Å². The number of para-hydroxylation sites is 2. The minimum Gasteiger partial charge on any atom is -0.481 e. The van der Waals surface area contributed by atoms with Gasteiger partial charge >= 0.3 is 0 Å². The zero-order chi connectivity index (χ0) is 13.9. The fourth-order valence-electron chi connectivity index (χ4n) is 2.55. The molecule has 20 heavy (non-hydrogen) atoms. The second-order valence-corrected chi connectivity index (χ2v) is 5.05. The number of ether oxygens (including phenoxy) is 1. The summed E-state index contributed by atoms with van der Waals surface area (Å²) in [6.45, 7) is 3.96. The van der Waals surface area contributed by atoms with Crippen molar-refractivity contribution in [3.63, 3.8) is 0 Å². The van der Waals surface area contributed by atoms with Crippen LogP contribution >= 0.6 is 0 Å². The number of benzene rings is 1. The number of nitrogens with one attached hydrogen (secondary N) is 1. The average Bonchev–Trinajstić information content (AvgIpc) is 2.50. The lowest BCUT2D eigenvalue weighted by atomic mass is 10.1. The van der Waals surface area contributed by atoms with E-state index in [4.69, 9.17) is 4.74 Å². The van der Waals surface area contributed by atoms with E-state index in [-0.39, 0.29) is 0 Å². The van der Waals surface area contributed by atoms with Crippen molar-refractivity contribution in [3.8, 4) is 5.88 Å². The number of rotatable bonds is 3. The first kappa shape index (κ1) is 12.8. The van der Waals surface area contributed by atoms with Gasteiger partial charge in [-0.15, -0.1) is 0 Å². The Kier molecular flexibility index (Phi) is 3.46. The van der Waals surface area contributed by atoms with Crippen molar-refractivity contribution in [3.05, 3.63) is 48.2 Å². The summed E-state index contributed by atoms with van der Waals surface area (Å²) >= 11 is 0. The average molecular weight is 269 g/mol.